The van der Waals surface area contributed by atoms with Gasteiger partial charge in [0.05, 0.1) is 10.4 Å². The molecular weight excluding hydrogens is 270 g/mol. The van der Waals surface area contributed by atoms with Gasteiger partial charge in [0.25, 0.3) is 5.91 Å². The number of nitrogen functional groups attached to an aromatic ring is 1. The fourth-order valence-corrected chi connectivity index (χ4v) is 3.84. The van der Waals surface area contributed by atoms with Crippen LogP contribution in [0.1, 0.15) is 35.9 Å². The number of fused-ring (bicyclic) bond motifs is 1. The third-order valence-electron chi connectivity index (χ3n) is 4.16. The van der Waals surface area contributed by atoms with E-state index in [1.165, 1.54) is 17.8 Å². The first-order chi connectivity index (χ1) is 9.70. The molecule has 106 valence electrons. The number of nitrogens with two attached hydrogens (primary N) is 1. The minimum Gasteiger partial charge on any atom is -0.396 e. The van der Waals surface area contributed by atoms with Crippen molar-refractivity contribution in [3.05, 3.63) is 23.2 Å². The topological polar surface area (TPSA) is 59.2 Å². The Bertz CT molecular complexity index is 629. The van der Waals surface area contributed by atoms with E-state index in [0.29, 0.717) is 10.6 Å². The van der Waals surface area contributed by atoms with Crippen LogP contribution in [0.4, 0.5) is 5.69 Å². The van der Waals surface area contributed by atoms with Crippen LogP contribution in [-0.2, 0) is 0 Å². The number of rotatable bonds is 2. The highest BCUT2D eigenvalue weighted by Crippen LogP contribution is 2.33. The predicted octanol–water partition coefficient (Wildman–Crippen LogP) is 3.14. The molecule has 1 aliphatic heterocycles. The minimum atomic E-state index is 0.0695. The molecule has 2 aromatic rings. The van der Waals surface area contributed by atoms with Gasteiger partial charge in [-0.25, -0.2) is 0 Å². The van der Waals surface area contributed by atoms with E-state index in [1.54, 1.807) is 6.20 Å². The average molecular weight is 289 g/mol. The molecule has 3 heterocycles. The smallest absolute Gasteiger partial charge is 0.266 e. The van der Waals surface area contributed by atoms with Gasteiger partial charge >= 0.3 is 0 Å². The molecule has 0 aliphatic carbocycles. The molecule has 0 unspecified atom stereocenters. The fraction of sp³-hybridized carbons (Fsp3) is 0.467. The average Bonchev–Trinajstić information content (AvgIpc) is 2.84. The zero-order valence-corrected chi connectivity index (χ0v) is 12.4. The van der Waals surface area contributed by atoms with Crippen molar-refractivity contribution in [3.8, 4) is 0 Å². The van der Waals surface area contributed by atoms with Gasteiger partial charge in [-0.2, -0.15) is 0 Å². The number of pyridine rings is 1. The third kappa shape index (κ3) is 2.26. The Balaban J connectivity index is 1.84. The normalized spacial score (nSPS) is 16.8. The molecule has 2 N–H and O–H groups in total. The standard InChI is InChI=1S/C15H19N3OS/c1-2-10-5-8-18(9-6-10)15(19)14-12(16)13-11(20-14)4-3-7-17-13/h3-4,7,10H,2,5-6,8-9,16H2,1H3. The van der Waals surface area contributed by atoms with Crippen LogP contribution in [0.25, 0.3) is 10.2 Å². The zero-order valence-electron chi connectivity index (χ0n) is 11.6. The fourth-order valence-electron chi connectivity index (χ4n) is 2.79. The summed E-state index contributed by atoms with van der Waals surface area (Å²) in [6, 6.07) is 3.84. The summed E-state index contributed by atoms with van der Waals surface area (Å²) in [5, 5.41) is 0. The summed E-state index contributed by atoms with van der Waals surface area (Å²) in [5.74, 6) is 0.834. The first-order valence-electron chi connectivity index (χ1n) is 7.13. The minimum absolute atomic E-state index is 0.0695. The van der Waals surface area contributed by atoms with Crippen LogP contribution in [0.15, 0.2) is 18.3 Å². The summed E-state index contributed by atoms with van der Waals surface area (Å²) >= 11 is 1.45. The van der Waals surface area contributed by atoms with Gasteiger partial charge < -0.3 is 10.6 Å². The lowest BCUT2D eigenvalue weighted by Crippen LogP contribution is -2.38. The van der Waals surface area contributed by atoms with E-state index < -0.39 is 0 Å². The monoisotopic (exact) mass is 289 g/mol. The van der Waals surface area contributed by atoms with Crippen molar-refractivity contribution in [2.75, 3.05) is 18.8 Å². The maximum absolute atomic E-state index is 12.6. The Kier molecular flexibility index (Phi) is 3.61. The lowest BCUT2D eigenvalue weighted by atomic mass is 9.94. The molecular formula is C15H19N3OS. The van der Waals surface area contributed by atoms with Gasteiger partial charge in [-0.05, 0) is 30.9 Å². The van der Waals surface area contributed by atoms with Crippen molar-refractivity contribution in [2.45, 2.75) is 26.2 Å². The molecule has 0 radical (unpaired) electrons. The lowest BCUT2D eigenvalue weighted by Gasteiger charge is -2.31. The molecule has 0 saturated carbocycles. The van der Waals surface area contributed by atoms with Crippen LogP contribution in [0, 0.1) is 5.92 Å². The SMILES string of the molecule is CCC1CCN(C(=O)c2sc3cccnc3c2N)CC1. The maximum atomic E-state index is 12.6. The molecule has 1 aliphatic rings. The molecule has 0 bridgehead atoms. The largest absolute Gasteiger partial charge is 0.396 e. The highest BCUT2D eigenvalue weighted by Gasteiger charge is 2.26. The van der Waals surface area contributed by atoms with Crippen LogP contribution in [0.2, 0.25) is 0 Å². The highest BCUT2D eigenvalue weighted by atomic mass is 32.1. The molecule has 1 fully saturated rings. The molecule has 4 nitrogen and oxygen atoms in total. The first-order valence-corrected chi connectivity index (χ1v) is 7.94. The van der Waals surface area contributed by atoms with Crippen molar-refractivity contribution in [3.63, 3.8) is 0 Å². The van der Waals surface area contributed by atoms with E-state index in [1.807, 2.05) is 17.0 Å². The summed E-state index contributed by atoms with van der Waals surface area (Å²) in [6.07, 6.45) is 5.12. The molecule has 0 atom stereocenters. The van der Waals surface area contributed by atoms with Crippen molar-refractivity contribution in [1.29, 1.82) is 0 Å². The summed E-state index contributed by atoms with van der Waals surface area (Å²) in [6.45, 7) is 3.91. The molecule has 2 aromatic heterocycles. The van der Waals surface area contributed by atoms with E-state index >= 15 is 0 Å². The number of thiophene rings is 1. The predicted molar refractivity (Wildman–Crippen MR) is 83.0 cm³/mol. The number of piperidine rings is 1. The van der Waals surface area contributed by atoms with Crippen LogP contribution >= 0.6 is 11.3 Å². The Hall–Kier alpha value is -1.62. The molecule has 20 heavy (non-hydrogen) atoms. The Morgan fingerprint density at radius 3 is 2.90 bits per heavy atom. The van der Waals surface area contributed by atoms with E-state index in [-0.39, 0.29) is 5.91 Å². The number of nitrogens with zero attached hydrogens (tertiary/aromatic N) is 2. The van der Waals surface area contributed by atoms with Crippen molar-refractivity contribution in [2.24, 2.45) is 5.92 Å². The number of carbonyl (C=O) groups is 1. The van der Waals surface area contributed by atoms with Crippen LogP contribution in [0.5, 0.6) is 0 Å². The number of hydrogen-bond donors (Lipinski definition) is 1. The van der Waals surface area contributed by atoms with Gasteiger partial charge in [0, 0.05) is 19.3 Å². The summed E-state index contributed by atoms with van der Waals surface area (Å²) in [7, 11) is 0. The van der Waals surface area contributed by atoms with Gasteiger partial charge in [-0.15, -0.1) is 11.3 Å². The van der Waals surface area contributed by atoms with Crippen LogP contribution < -0.4 is 5.73 Å². The molecule has 1 saturated heterocycles. The highest BCUT2D eigenvalue weighted by molar-refractivity contribution is 7.21. The number of anilines is 1. The van der Waals surface area contributed by atoms with E-state index in [2.05, 4.69) is 11.9 Å². The Labute approximate surface area is 122 Å². The summed E-state index contributed by atoms with van der Waals surface area (Å²) in [5.41, 5.74) is 7.39. The van der Waals surface area contributed by atoms with E-state index in [9.17, 15) is 4.79 Å². The van der Waals surface area contributed by atoms with Gasteiger partial charge in [-0.1, -0.05) is 13.3 Å². The summed E-state index contributed by atoms with van der Waals surface area (Å²) in [4.78, 5) is 19.5. The number of likely N-dealkylation sites (tertiary alicyclic amines) is 1. The van der Waals surface area contributed by atoms with Crippen molar-refractivity contribution < 1.29 is 4.79 Å². The second kappa shape index (κ2) is 5.40. The van der Waals surface area contributed by atoms with Gasteiger partial charge in [0.1, 0.15) is 10.4 Å². The number of hydrogen-bond acceptors (Lipinski definition) is 4. The molecule has 1 amide bonds. The maximum Gasteiger partial charge on any atom is 0.266 e. The summed E-state index contributed by atoms with van der Waals surface area (Å²) < 4.78 is 0.983. The van der Waals surface area contributed by atoms with Gasteiger partial charge in [0.2, 0.25) is 0 Å². The number of carbonyl (C=O) groups excluding carboxylic acids is 1. The van der Waals surface area contributed by atoms with Gasteiger partial charge in [-0.3, -0.25) is 9.78 Å². The zero-order chi connectivity index (χ0) is 14.1. The third-order valence-corrected chi connectivity index (χ3v) is 5.30. The number of amides is 1. The lowest BCUT2D eigenvalue weighted by molar-refractivity contribution is 0.0695. The second-order valence-corrected chi connectivity index (χ2v) is 6.39. The molecule has 0 spiro atoms. The van der Waals surface area contributed by atoms with Crippen LogP contribution in [0.3, 0.4) is 0 Å². The first kappa shape index (κ1) is 13.4. The quantitative estimate of drug-likeness (QED) is 0.924. The Morgan fingerprint density at radius 2 is 2.25 bits per heavy atom. The molecule has 3 rings (SSSR count). The second-order valence-electron chi connectivity index (χ2n) is 5.34. The van der Waals surface area contributed by atoms with Gasteiger partial charge in [0.15, 0.2) is 0 Å². The van der Waals surface area contributed by atoms with Crippen molar-refractivity contribution >= 4 is 33.1 Å². The molecule has 0 aromatic carbocycles. The Morgan fingerprint density at radius 1 is 1.50 bits per heavy atom. The van der Waals surface area contributed by atoms with Crippen LogP contribution in [-0.4, -0.2) is 28.9 Å². The number of aromatic nitrogens is 1. The van der Waals surface area contributed by atoms with E-state index in [0.717, 1.165) is 42.1 Å². The van der Waals surface area contributed by atoms with Crippen molar-refractivity contribution in [1.82, 2.24) is 9.88 Å². The van der Waals surface area contributed by atoms with E-state index in [4.69, 9.17) is 5.73 Å². The molecule has 5 heteroatoms.